The summed E-state index contributed by atoms with van der Waals surface area (Å²) in [7, 11) is 0. The van der Waals surface area contributed by atoms with Crippen molar-refractivity contribution in [1.29, 1.82) is 0 Å². The predicted octanol–water partition coefficient (Wildman–Crippen LogP) is 2.63. The van der Waals surface area contributed by atoms with E-state index in [1.54, 1.807) is 29.2 Å². The molecule has 8 nitrogen and oxygen atoms in total. The number of nitrogens with one attached hydrogen (secondary N) is 1. The third-order valence-corrected chi connectivity index (χ3v) is 4.45. The average Bonchev–Trinajstić information content (AvgIpc) is 2.68. The van der Waals surface area contributed by atoms with Gasteiger partial charge in [0.2, 0.25) is 0 Å². The summed E-state index contributed by atoms with van der Waals surface area (Å²) in [5.41, 5.74) is 1.08. The number of nitrogens with zero attached hydrogens (tertiary/aromatic N) is 2. The highest BCUT2D eigenvalue weighted by atomic mass is 16.6. The molecule has 0 saturated carbocycles. The number of carbonyl (C=O) groups is 2. The Morgan fingerprint density at radius 3 is 2.44 bits per heavy atom. The monoisotopic (exact) mass is 369 g/mol. The van der Waals surface area contributed by atoms with Crippen LogP contribution in [-0.2, 0) is 4.74 Å². The molecule has 8 heteroatoms. The summed E-state index contributed by atoms with van der Waals surface area (Å²) < 4.78 is 5.26. The quantitative estimate of drug-likeness (QED) is 0.659. The zero-order valence-corrected chi connectivity index (χ0v) is 14.8. The van der Waals surface area contributed by atoms with Crippen molar-refractivity contribution in [2.45, 2.75) is 6.92 Å². The first-order chi connectivity index (χ1) is 13.0. The molecule has 0 bridgehead atoms. The summed E-state index contributed by atoms with van der Waals surface area (Å²) in [4.78, 5) is 37.7. The van der Waals surface area contributed by atoms with Gasteiger partial charge in [0, 0.05) is 30.3 Å². The fraction of sp³-hybridized carbons (Fsp3) is 0.263. The highest BCUT2D eigenvalue weighted by molar-refractivity contribution is 6.09. The highest BCUT2D eigenvalue weighted by Gasteiger charge is 2.23. The van der Waals surface area contributed by atoms with Crippen molar-refractivity contribution >= 4 is 23.2 Å². The molecule has 0 unspecified atom stereocenters. The van der Waals surface area contributed by atoms with Crippen molar-refractivity contribution in [3.05, 3.63) is 69.3 Å². The van der Waals surface area contributed by atoms with Gasteiger partial charge in [-0.25, -0.2) is 0 Å². The summed E-state index contributed by atoms with van der Waals surface area (Å²) in [6.07, 6.45) is 0. The van der Waals surface area contributed by atoms with Gasteiger partial charge in [-0.3, -0.25) is 19.7 Å². The van der Waals surface area contributed by atoms with Crippen LogP contribution in [0.5, 0.6) is 0 Å². The first-order valence-corrected chi connectivity index (χ1v) is 8.50. The van der Waals surface area contributed by atoms with Crippen molar-refractivity contribution in [3.8, 4) is 0 Å². The van der Waals surface area contributed by atoms with Crippen molar-refractivity contribution in [2.75, 3.05) is 31.6 Å². The number of amides is 2. The number of morpholine rings is 1. The Labute approximate surface area is 155 Å². The number of hydrogen-bond acceptors (Lipinski definition) is 5. The summed E-state index contributed by atoms with van der Waals surface area (Å²) in [6.45, 7) is 3.47. The highest BCUT2D eigenvalue weighted by Crippen LogP contribution is 2.24. The Hall–Kier alpha value is -3.26. The van der Waals surface area contributed by atoms with Crippen LogP contribution in [0, 0.1) is 17.0 Å². The maximum atomic E-state index is 12.8. The lowest BCUT2D eigenvalue weighted by Crippen LogP contribution is -2.41. The standard InChI is InChI=1S/C19H19N3O5/c1-13-14(6-4-8-17(13)22(25)26)18(23)20-16-7-3-2-5-15(16)19(24)21-9-11-27-12-10-21/h2-8H,9-12H2,1H3,(H,20,23). The van der Waals surface area contributed by atoms with Gasteiger partial charge < -0.3 is 15.0 Å². The fourth-order valence-corrected chi connectivity index (χ4v) is 2.97. The van der Waals surface area contributed by atoms with Crippen LogP contribution in [0.4, 0.5) is 11.4 Å². The molecule has 140 valence electrons. The smallest absolute Gasteiger partial charge is 0.273 e. The van der Waals surface area contributed by atoms with E-state index in [9.17, 15) is 19.7 Å². The number of rotatable bonds is 4. The number of para-hydroxylation sites is 1. The minimum absolute atomic E-state index is 0.125. The van der Waals surface area contributed by atoms with E-state index in [2.05, 4.69) is 5.32 Å². The lowest BCUT2D eigenvalue weighted by molar-refractivity contribution is -0.385. The molecule has 1 heterocycles. The molecule has 0 aliphatic carbocycles. The molecule has 1 N–H and O–H groups in total. The van der Waals surface area contributed by atoms with Crippen LogP contribution >= 0.6 is 0 Å². The maximum Gasteiger partial charge on any atom is 0.273 e. The van der Waals surface area contributed by atoms with Crippen molar-refractivity contribution < 1.29 is 19.2 Å². The third kappa shape index (κ3) is 3.95. The summed E-state index contributed by atoms with van der Waals surface area (Å²) in [6, 6.07) is 11.1. The maximum absolute atomic E-state index is 12.8. The van der Waals surface area contributed by atoms with E-state index in [0.717, 1.165) is 0 Å². The van der Waals surface area contributed by atoms with Crippen molar-refractivity contribution in [2.24, 2.45) is 0 Å². The van der Waals surface area contributed by atoms with E-state index in [0.29, 0.717) is 37.6 Å². The molecule has 0 spiro atoms. The molecule has 2 aromatic carbocycles. The number of hydrogen-bond donors (Lipinski definition) is 1. The summed E-state index contributed by atoms with van der Waals surface area (Å²) in [5, 5.41) is 13.8. The zero-order valence-electron chi connectivity index (χ0n) is 14.8. The molecule has 2 amide bonds. The summed E-state index contributed by atoms with van der Waals surface area (Å²) in [5.74, 6) is -0.691. The van der Waals surface area contributed by atoms with E-state index in [1.807, 2.05) is 0 Å². The molecule has 27 heavy (non-hydrogen) atoms. The number of benzene rings is 2. The number of nitro groups is 1. The minimum Gasteiger partial charge on any atom is -0.378 e. The van der Waals surface area contributed by atoms with E-state index in [4.69, 9.17) is 4.74 Å². The molecule has 0 atom stereocenters. The molecule has 1 aliphatic rings. The zero-order chi connectivity index (χ0) is 19.4. The van der Waals surface area contributed by atoms with Crippen LogP contribution in [0.1, 0.15) is 26.3 Å². The second-order valence-electron chi connectivity index (χ2n) is 6.11. The number of carbonyl (C=O) groups excluding carboxylic acids is 2. The van der Waals surface area contributed by atoms with Crippen LogP contribution in [-0.4, -0.2) is 47.9 Å². The van der Waals surface area contributed by atoms with E-state index >= 15 is 0 Å². The van der Waals surface area contributed by atoms with Gasteiger partial charge in [-0.05, 0) is 25.1 Å². The van der Waals surface area contributed by atoms with E-state index in [1.165, 1.54) is 25.1 Å². The molecule has 1 fully saturated rings. The van der Waals surface area contributed by atoms with Gasteiger partial charge in [0.15, 0.2) is 0 Å². The van der Waals surface area contributed by atoms with Crippen molar-refractivity contribution in [1.82, 2.24) is 4.90 Å². The largest absolute Gasteiger partial charge is 0.378 e. The molecule has 1 saturated heterocycles. The first-order valence-electron chi connectivity index (χ1n) is 8.50. The molecule has 0 aromatic heterocycles. The minimum atomic E-state index is -0.526. The SMILES string of the molecule is Cc1c(C(=O)Nc2ccccc2C(=O)N2CCOCC2)cccc1[N+](=O)[O-]. The van der Waals surface area contributed by atoms with Crippen LogP contribution in [0.2, 0.25) is 0 Å². The van der Waals surface area contributed by atoms with Gasteiger partial charge in [-0.15, -0.1) is 0 Å². The Bertz CT molecular complexity index is 891. The van der Waals surface area contributed by atoms with E-state index in [-0.39, 0.29) is 22.7 Å². The Morgan fingerprint density at radius 2 is 1.74 bits per heavy atom. The predicted molar refractivity (Wildman–Crippen MR) is 99.0 cm³/mol. The second-order valence-corrected chi connectivity index (χ2v) is 6.11. The molecular weight excluding hydrogens is 350 g/mol. The molecule has 3 rings (SSSR count). The molecule has 1 aliphatic heterocycles. The van der Waals surface area contributed by atoms with Gasteiger partial charge in [0.1, 0.15) is 0 Å². The number of nitro benzene ring substituents is 1. The van der Waals surface area contributed by atoms with Crippen LogP contribution in [0.3, 0.4) is 0 Å². The van der Waals surface area contributed by atoms with E-state index < -0.39 is 10.8 Å². The average molecular weight is 369 g/mol. The van der Waals surface area contributed by atoms with Crippen LogP contribution in [0.25, 0.3) is 0 Å². The lowest BCUT2D eigenvalue weighted by Gasteiger charge is -2.27. The molecular formula is C19H19N3O5. The second kappa shape index (κ2) is 7.96. The normalized spacial score (nSPS) is 13.9. The Kier molecular flexibility index (Phi) is 5.46. The number of anilines is 1. The first kappa shape index (κ1) is 18.5. The molecule has 0 radical (unpaired) electrons. The van der Waals surface area contributed by atoms with Crippen LogP contribution in [0.15, 0.2) is 42.5 Å². The Morgan fingerprint density at radius 1 is 1.07 bits per heavy atom. The molecule has 2 aromatic rings. The Balaban J connectivity index is 1.86. The van der Waals surface area contributed by atoms with Gasteiger partial charge in [-0.1, -0.05) is 18.2 Å². The third-order valence-electron chi connectivity index (χ3n) is 4.45. The summed E-state index contributed by atoms with van der Waals surface area (Å²) >= 11 is 0. The van der Waals surface area contributed by atoms with Crippen LogP contribution < -0.4 is 5.32 Å². The van der Waals surface area contributed by atoms with Gasteiger partial charge in [0.05, 0.1) is 29.4 Å². The van der Waals surface area contributed by atoms with Gasteiger partial charge >= 0.3 is 0 Å². The lowest BCUT2D eigenvalue weighted by atomic mass is 10.1. The topological polar surface area (TPSA) is 102 Å². The van der Waals surface area contributed by atoms with Gasteiger partial charge in [0.25, 0.3) is 17.5 Å². The fourth-order valence-electron chi connectivity index (χ4n) is 2.97. The van der Waals surface area contributed by atoms with Crippen molar-refractivity contribution in [3.63, 3.8) is 0 Å². The number of ether oxygens (including phenoxy) is 1. The van der Waals surface area contributed by atoms with Gasteiger partial charge in [-0.2, -0.15) is 0 Å².